The van der Waals surface area contributed by atoms with Crippen LogP contribution in [0.5, 0.6) is 0 Å². The van der Waals surface area contributed by atoms with Crippen molar-refractivity contribution in [1.29, 1.82) is 0 Å². The molecule has 0 aliphatic rings. The number of carboxylic acid groups (broad SMARTS) is 2. The van der Waals surface area contributed by atoms with Gasteiger partial charge in [0.1, 0.15) is 0 Å². The molecule has 0 radical (unpaired) electrons. The Balaban J connectivity index is 3.30. The summed E-state index contributed by atoms with van der Waals surface area (Å²) in [5, 5.41) is 18.4. The van der Waals surface area contributed by atoms with Gasteiger partial charge in [0.15, 0.2) is 5.78 Å². The Morgan fingerprint density at radius 2 is 1.57 bits per heavy atom. The van der Waals surface area contributed by atoms with E-state index in [1.807, 2.05) is 0 Å². The van der Waals surface area contributed by atoms with Crippen LogP contribution < -0.4 is 0 Å². The summed E-state index contributed by atoms with van der Waals surface area (Å²) in [6, 6.07) is 8.54. The van der Waals surface area contributed by atoms with E-state index >= 15 is 0 Å². The van der Waals surface area contributed by atoms with Crippen molar-refractivity contribution in [2.24, 2.45) is 0 Å². The summed E-state index contributed by atoms with van der Waals surface area (Å²) in [6.45, 7) is 3.12. The molecule has 1 atom stereocenters. The minimum Gasteiger partial charge on any atom is -0.464 e. The van der Waals surface area contributed by atoms with Gasteiger partial charge in [-0.15, -0.1) is 0 Å². The van der Waals surface area contributed by atoms with Crippen LogP contribution in [0.25, 0.3) is 0 Å². The highest BCUT2D eigenvalue weighted by Crippen LogP contribution is 2.55. The fourth-order valence-corrected chi connectivity index (χ4v) is 4.13. The average Bonchev–Trinajstić information content (AvgIpc) is 2.47. The quantitative estimate of drug-likeness (QED) is 0.693. The summed E-state index contributed by atoms with van der Waals surface area (Å²) >= 11 is 0. The van der Waals surface area contributed by atoms with Gasteiger partial charge in [0, 0.05) is 6.42 Å². The molecule has 0 saturated carbocycles. The van der Waals surface area contributed by atoms with Crippen LogP contribution in [-0.4, -0.2) is 46.3 Å². The maximum absolute atomic E-state index is 13.0. The Labute approximate surface area is 134 Å². The van der Waals surface area contributed by atoms with Gasteiger partial charge < -0.3 is 19.3 Å². The van der Waals surface area contributed by atoms with E-state index in [1.165, 1.54) is 0 Å². The lowest BCUT2D eigenvalue weighted by Gasteiger charge is -2.31. The molecule has 0 aromatic heterocycles. The molecule has 1 aromatic rings. The summed E-state index contributed by atoms with van der Waals surface area (Å²) in [6.07, 6.45) is -3.59. The number of hydrogen-bond donors (Lipinski definition) is 2. The number of hydrogen-bond acceptors (Lipinski definition) is 5. The van der Waals surface area contributed by atoms with E-state index in [1.54, 1.807) is 44.2 Å². The molecule has 2 N–H and O–H groups in total. The zero-order chi connectivity index (χ0) is 17.5. The van der Waals surface area contributed by atoms with E-state index in [0.717, 1.165) is 0 Å². The first-order chi connectivity index (χ1) is 10.9. The SMILES string of the molecule is CCOP(=O)(OCC)C(Cc1ccccc1)N(C(=O)O)C(=O)O. The predicted molar refractivity (Wildman–Crippen MR) is 82.7 cm³/mol. The Morgan fingerprint density at radius 1 is 1.09 bits per heavy atom. The van der Waals surface area contributed by atoms with E-state index in [2.05, 4.69) is 0 Å². The molecule has 0 aliphatic heterocycles. The highest BCUT2D eigenvalue weighted by molar-refractivity contribution is 7.54. The molecule has 1 aromatic carbocycles. The number of benzene rings is 1. The number of amides is 2. The molecule has 23 heavy (non-hydrogen) atoms. The lowest BCUT2D eigenvalue weighted by atomic mass is 10.1. The van der Waals surface area contributed by atoms with Gasteiger partial charge in [-0.25, -0.2) is 9.59 Å². The Bertz CT molecular complexity index is 554. The van der Waals surface area contributed by atoms with Gasteiger partial charge in [-0.3, -0.25) is 4.57 Å². The predicted octanol–water partition coefficient (Wildman–Crippen LogP) is 3.48. The number of carbonyl (C=O) groups is 2. The van der Waals surface area contributed by atoms with Crippen LogP contribution in [-0.2, 0) is 20.0 Å². The molecule has 9 heteroatoms. The van der Waals surface area contributed by atoms with Gasteiger partial charge in [0.05, 0.1) is 13.2 Å². The van der Waals surface area contributed by atoms with Crippen molar-refractivity contribution >= 4 is 19.8 Å². The maximum Gasteiger partial charge on any atom is 0.417 e. The fraction of sp³-hybridized carbons (Fsp3) is 0.429. The summed E-state index contributed by atoms with van der Waals surface area (Å²) in [7, 11) is -3.99. The van der Waals surface area contributed by atoms with Crippen molar-refractivity contribution in [2.45, 2.75) is 26.1 Å². The van der Waals surface area contributed by atoms with Crippen LogP contribution in [0.1, 0.15) is 19.4 Å². The van der Waals surface area contributed by atoms with Crippen LogP contribution in [0.15, 0.2) is 30.3 Å². The van der Waals surface area contributed by atoms with Crippen LogP contribution in [0.2, 0.25) is 0 Å². The van der Waals surface area contributed by atoms with E-state index in [9.17, 15) is 24.4 Å². The van der Waals surface area contributed by atoms with Gasteiger partial charge in [0.25, 0.3) is 0 Å². The van der Waals surface area contributed by atoms with Crippen molar-refractivity contribution in [3.63, 3.8) is 0 Å². The van der Waals surface area contributed by atoms with Crippen LogP contribution >= 0.6 is 7.60 Å². The molecule has 0 heterocycles. The summed E-state index contributed by atoms with van der Waals surface area (Å²) in [5.41, 5.74) is 0.615. The van der Waals surface area contributed by atoms with Crippen LogP contribution in [0, 0.1) is 0 Å². The maximum atomic E-state index is 13.0. The lowest BCUT2D eigenvalue weighted by molar-refractivity contribution is 0.106. The third kappa shape index (κ3) is 5.06. The monoisotopic (exact) mass is 345 g/mol. The average molecular weight is 345 g/mol. The number of imide groups is 1. The van der Waals surface area contributed by atoms with Crippen molar-refractivity contribution in [1.82, 2.24) is 4.90 Å². The minimum absolute atomic E-state index is 0.00432. The molecule has 0 aliphatic carbocycles. The molecular weight excluding hydrogens is 325 g/mol. The molecule has 0 fully saturated rings. The first kappa shape index (κ1) is 19.2. The highest BCUT2D eigenvalue weighted by Gasteiger charge is 2.45. The molecular formula is C14H20NO7P. The van der Waals surface area contributed by atoms with Gasteiger partial charge in [0.2, 0.25) is 0 Å². The second kappa shape index (κ2) is 8.67. The Hall–Kier alpha value is -1.89. The summed E-state index contributed by atoms with van der Waals surface area (Å²) in [4.78, 5) is 22.8. The second-order valence-electron chi connectivity index (χ2n) is 4.48. The Kier molecular flexibility index (Phi) is 7.22. The van der Waals surface area contributed by atoms with Crippen molar-refractivity contribution in [3.8, 4) is 0 Å². The van der Waals surface area contributed by atoms with E-state index in [0.29, 0.717) is 5.56 Å². The molecule has 0 saturated heterocycles. The van der Waals surface area contributed by atoms with Gasteiger partial charge in [-0.05, 0) is 19.4 Å². The second-order valence-corrected chi connectivity index (χ2v) is 6.67. The fourth-order valence-electron chi connectivity index (χ4n) is 2.08. The zero-order valence-corrected chi connectivity index (χ0v) is 13.8. The lowest BCUT2D eigenvalue weighted by Crippen LogP contribution is -2.44. The summed E-state index contributed by atoms with van der Waals surface area (Å²) in [5.74, 6) is -1.49. The van der Waals surface area contributed by atoms with Crippen LogP contribution in [0.4, 0.5) is 9.59 Å². The van der Waals surface area contributed by atoms with Gasteiger partial charge >= 0.3 is 19.8 Å². The van der Waals surface area contributed by atoms with Gasteiger partial charge in [-0.2, -0.15) is 4.90 Å². The topological polar surface area (TPSA) is 113 Å². The number of rotatable bonds is 8. The van der Waals surface area contributed by atoms with E-state index in [4.69, 9.17) is 9.05 Å². The summed E-state index contributed by atoms with van der Waals surface area (Å²) < 4.78 is 23.3. The minimum atomic E-state index is -3.99. The van der Waals surface area contributed by atoms with Gasteiger partial charge in [-0.1, -0.05) is 30.3 Å². The first-order valence-electron chi connectivity index (χ1n) is 7.03. The number of nitrogens with zero attached hydrogens (tertiary/aromatic N) is 1. The van der Waals surface area contributed by atoms with Crippen LogP contribution in [0.3, 0.4) is 0 Å². The zero-order valence-electron chi connectivity index (χ0n) is 12.9. The smallest absolute Gasteiger partial charge is 0.417 e. The largest absolute Gasteiger partial charge is 0.464 e. The molecule has 0 bridgehead atoms. The third-order valence-electron chi connectivity index (χ3n) is 2.95. The highest BCUT2D eigenvalue weighted by atomic mass is 31.2. The molecule has 0 spiro atoms. The van der Waals surface area contributed by atoms with Crippen molar-refractivity contribution in [3.05, 3.63) is 35.9 Å². The molecule has 2 amide bonds. The van der Waals surface area contributed by atoms with E-state index in [-0.39, 0.29) is 24.5 Å². The normalized spacial score (nSPS) is 12.6. The Morgan fingerprint density at radius 3 is 1.96 bits per heavy atom. The van der Waals surface area contributed by atoms with Crippen molar-refractivity contribution < 1.29 is 33.4 Å². The standard InChI is InChI=1S/C14H20NO7P/c1-3-21-23(20,22-4-2)12(15(13(16)17)14(18)19)10-11-8-6-5-7-9-11/h5-9,12H,3-4,10H2,1-2H3,(H,16,17)(H,18,19). The molecule has 1 unspecified atom stereocenters. The molecule has 8 nitrogen and oxygen atoms in total. The third-order valence-corrected chi connectivity index (χ3v) is 5.33. The van der Waals surface area contributed by atoms with E-state index < -0.39 is 25.6 Å². The first-order valence-corrected chi connectivity index (χ1v) is 8.64. The molecule has 128 valence electrons. The molecule has 1 rings (SSSR count). The van der Waals surface area contributed by atoms with Crippen molar-refractivity contribution in [2.75, 3.05) is 13.2 Å².